The number of carbonyl (C=O) groups is 2. The SMILES string of the molecule is O=C(CNC(=O)OCc1ccccc1)NN=Cc1ccc(F)cc1. The Bertz CT molecular complexity index is 703. The Kier molecular flexibility index (Phi) is 6.46. The molecule has 2 amide bonds. The number of hydrazone groups is 1. The molecule has 0 atom stereocenters. The van der Waals surface area contributed by atoms with Gasteiger partial charge >= 0.3 is 6.09 Å². The number of alkyl carbamates (subject to hydrolysis) is 1. The number of carbonyl (C=O) groups excluding carboxylic acids is 2. The standard InChI is InChI=1S/C17H16FN3O3/c18-15-8-6-13(7-9-15)10-20-21-16(22)11-19-17(23)24-12-14-4-2-1-3-5-14/h1-10H,11-12H2,(H,19,23)(H,21,22). The zero-order valence-electron chi connectivity index (χ0n) is 12.7. The van der Waals surface area contributed by atoms with E-state index in [1.807, 2.05) is 30.3 Å². The molecule has 0 aliphatic rings. The highest BCUT2D eigenvalue weighted by Gasteiger charge is 2.05. The van der Waals surface area contributed by atoms with Crippen LogP contribution in [0.3, 0.4) is 0 Å². The second-order valence-electron chi connectivity index (χ2n) is 4.76. The molecule has 0 aromatic heterocycles. The molecule has 7 heteroatoms. The minimum absolute atomic E-state index is 0.122. The van der Waals surface area contributed by atoms with Crippen molar-refractivity contribution in [3.05, 3.63) is 71.5 Å². The van der Waals surface area contributed by atoms with Crippen LogP contribution in [-0.4, -0.2) is 24.8 Å². The van der Waals surface area contributed by atoms with Crippen molar-refractivity contribution in [3.63, 3.8) is 0 Å². The third kappa shape index (κ3) is 6.27. The van der Waals surface area contributed by atoms with Gasteiger partial charge in [-0.2, -0.15) is 5.10 Å². The van der Waals surface area contributed by atoms with Gasteiger partial charge in [0.1, 0.15) is 19.0 Å². The van der Waals surface area contributed by atoms with Crippen LogP contribution >= 0.6 is 0 Å². The van der Waals surface area contributed by atoms with E-state index in [9.17, 15) is 14.0 Å². The maximum Gasteiger partial charge on any atom is 0.407 e. The molecule has 0 saturated carbocycles. The number of rotatable bonds is 6. The highest BCUT2D eigenvalue weighted by molar-refractivity contribution is 5.84. The topological polar surface area (TPSA) is 79.8 Å². The van der Waals surface area contributed by atoms with Crippen molar-refractivity contribution in [2.75, 3.05) is 6.54 Å². The maximum absolute atomic E-state index is 12.7. The Morgan fingerprint density at radius 3 is 2.50 bits per heavy atom. The molecule has 0 heterocycles. The molecule has 24 heavy (non-hydrogen) atoms. The van der Waals surface area contributed by atoms with E-state index >= 15 is 0 Å². The monoisotopic (exact) mass is 329 g/mol. The molecular formula is C17H16FN3O3. The number of halogens is 1. The van der Waals surface area contributed by atoms with E-state index in [0.717, 1.165) is 5.56 Å². The Hall–Kier alpha value is -3.22. The van der Waals surface area contributed by atoms with Gasteiger partial charge in [-0.15, -0.1) is 0 Å². The van der Waals surface area contributed by atoms with Gasteiger partial charge in [-0.3, -0.25) is 4.79 Å². The first kappa shape index (κ1) is 17.1. The fourth-order valence-corrected chi connectivity index (χ4v) is 1.69. The Balaban J connectivity index is 1.65. The first-order valence-electron chi connectivity index (χ1n) is 7.15. The lowest BCUT2D eigenvalue weighted by Crippen LogP contribution is -2.35. The zero-order chi connectivity index (χ0) is 17.2. The van der Waals surface area contributed by atoms with Gasteiger partial charge in [0.05, 0.1) is 6.21 Å². The second kappa shape index (κ2) is 9.04. The van der Waals surface area contributed by atoms with Gasteiger partial charge in [-0.25, -0.2) is 14.6 Å². The average Bonchev–Trinajstić information content (AvgIpc) is 2.61. The molecule has 2 aromatic carbocycles. The maximum atomic E-state index is 12.7. The van der Waals surface area contributed by atoms with Crippen LogP contribution in [0.4, 0.5) is 9.18 Å². The van der Waals surface area contributed by atoms with Gasteiger partial charge in [0.15, 0.2) is 0 Å². The van der Waals surface area contributed by atoms with Crippen LogP contribution in [0.2, 0.25) is 0 Å². The van der Waals surface area contributed by atoms with Crippen molar-refractivity contribution in [2.24, 2.45) is 5.10 Å². The average molecular weight is 329 g/mol. The predicted octanol–water partition coefficient (Wildman–Crippen LogP) is 2.20. The van der Waals surface area contributed by atoms with Crippen molar-refractivity contribution >= 4 is 18.2 Å². The number of benzene rings is 2. The van der Waals surface area contributed by atoms with E-state index in [4.69, 9.17) is 4.74 Å². The van der Waals surface area contributed by atoms with Crippen molar-refractivity contribution in [1.82, 2.24) is 10.7 Å². The number of amides is 2. The highest BCUT2D eigenvalue weighted by Crippen LogP contribution is 2.00. The fourth-order valence-electron chi connectivity index (χ4n) is 1.69. The number of hydrogen-bond donors (Lipinski definition) is 2. The van der Waals surface area contributed by atoms with E-state index in [2.05, 4.69) is 15.8 Å². The van der Waals surface area contributed by atoms with E-state index in [0.29, 0.717) is 5.56 Å². The summed E-state index contributed by atoms with van der Waals surface area (Å²) >= 11 is 0. The van der Waals surface area contributed by atoms with Crippen LogP contribution < -0.4 is 10.7 Å². The number of nitrogens with one attached hydrogen (secondary N) is 2. The van der Waals surface area contributed by atoms with Crippen LogP contribution in [0.1, 0.15) is 11.1 Å². The van der Waals surface area contributed by atoms with Gasteiger partial charge in [-0.05, 0) is 23.3 Å². The molecule has 0 fully saturated rings. The van der Waals surface area contributed by atoms with Gasteiger partial charge in [-0.1, -0.05) is 42.5 Å². The summed E-state index contributed by atoms with van der Waals surface area (Å²) in [6.07, 6.45) is 0.668. The molecule has 2 N–H and O–H groups in total. The van der Waals surface area contributed by atoms with E-state index < -0.39 is 12.0 Å². The van der Waals surface area contributed by atoms with Gasteiger partial charge < -0.3 is 10.1 Å². The summed E-state index contributed by atoms with van der Waals surface area (Å²) in [5.74, 6) is -0.862. The molecule has 0 bridgehead atoms. The Morgan fingerprint density at radius 1 is 1.08 bits per heavy atom. The number of ether oxygens (including phenoxy) is 1. The lowest BCUT2D eigenvalue weighted by Gasteiger charge is -2.06. The summed E-state index contributed by atoms with van der Waals surface area (Å²) in [5, 5.41) is 6.02. The minimum atomic E-state index is -0.698. The lowest BCUT2D eigenvalue weighted by atomic mass is 10.2. The van der Waals surface area contributed by atoms with Crippen molar-refractivity contribution < 1.29 is 18.7 Å². The Labute approximate surface area is 138 Å². The van der Waals surface area contributed by atoms with E-state index in [-0.39, 0.29) is 19.0 Å². The Morgan fingerprint density at radius 2 is 1.79 bits per heavy atom. The van der Waals surface area contributed by atoms with Crippen molar-refractivity contribution in [2.45, 2.75) is 6.61 Å². The van der Waals surface area contributed by atoms with Gasteiger partial charge in [0.25, 0.3) is 5.91 Å². The van der Waals surface area contributed by atoms with Crippen LogP contribution in [0.5, 0.6) is 0 Å². The molecule has 0 aliphatic heterocycles. The first-order valence-corrected chi connectivity index (χ1v) is 7.15. The smallest absolute Gasteiger partial charge is 0.407 e. The molecular weight excluding hydrogens is 313 g/mol. The molecule has 0 radical (unpaired) electrons. The summed E-state index contributed by atoms with van der Waals surface area (Å²) in [6.45, 7) is -0.147. The van der Waals surface area contributed by atoms with Crippen molar-refractivity contribution in [3.8, 4) is 0 Å². The van der Waals surface area contributed by atoms with Crippen LogP contribution in [0.25, 0.3) is 0 Å². The third-order valence-electron chi connectivity index (χ3n) is 2.88. The van der Waals surface area contributed by atoms with Crippen LogP contribution in [-0.2, 0) is 16.1 Å². The normalized spacial score (nSPS) is 10.4. The first-order chi connectivity index (χ1) is 11.6. The molecule has 6 nitrogen and oxygen atoms in total. The number of hydrogen-bond acceptors (Lipinski definition) is 4. The largest absolute Gasteiger partial charge is 0.445 e. The van der Waals surface area contributed by atoms with E-state index in [1.165, 1.54) is 30.5 Å². The van der Waals surface area contributed by atoms with Crippen LogP contribution in [0.15, 0.2) is 59.7 Å². The van der Waals surface area contributed by atoms with E-state index in [1.54, 1.807) is 0 Å². The molecule has 0 unspecified atom stereocenters. The van der Waals surface area contributed by atoms with Crippen molar-refractivity contribution in [1.29, 1.82) is 0 Å². The third-order valence-corrected chi connectivity index (χ3v) is 2.88. The molecule has 2 rings (SSSR count). The second-order valence-corrected chi connectivity index (χ2v) is 4.76. The summed E-state index contributed by atoms with van der Waals surface area (Å²) in [4.78, 5) is 23.0. The molecule has 0 saturated heterocycles. The fraction of sp³-hybridized carbons (Fsp3) is 0.118. The minimum Gasteiger partial charge on any atom is -0.445 e. The number of nitrogens with zero attached hydrogens (tertiary/aromatic N) is 1. The summed E-state index contributed by atoms with van der Waals surface area (Å²) in [7, 11) is 0. The molecule has 124 valence electrons. The van der Waals surface area contributed by atoms with Gasteiger partial charge in [0.2, 0.25) is 0 Å². The quantitative estimate of drug-likeness (QED) is 0.630. The zero-order valence-corrected chi connectivity index (χ0v) is 12.7. The molecule has 0 aliphatic carbocycles. The predicted molar refractivity (Wildman–Crippen MR) is 86.8 cm³/mol. The highest BCUT2D eigenvalue weighted by atomic mass is 19.1. The summed E-state index contributed by atoms with van der Waals surface area (Å²) in [6, 6.07) is 14.8. The lowest BCUT2D eigenvalue weighted by molar-refractivity contribution is -0.120. The van der Waals surface area contributed by atoms with Crippen LogP contribution in [0, 0.1) is 5.82 Å². The molecule has 0 spiro atoms. The summed E-state index contributed by atoms with van der Waals surface area (Å²) in [5.41, 5.74) is 3.72. The summed E-state index contributed by atoms with van der Waals surface area (Å²) < 4.78 is 17.7. The molecule has 2 aromatic rings. The van der Waals surface area contributed by atoms with Gasteiger partial charge in [0, 0.05) is 0 Å².